The zero-order valence-electron chi connectivity index (χ0n) is 17.3. The van der Waals surface area contributed by atoms with Crippen molar-refractivity contribution < 1.29 is 22.8 Å². The topological polar surface area (TPSA) is 63.2 Å². The van der Waals surface area contributed by atoms with Gasteiger partial charge in [-0.2, -0.15) is 13.2 Å². The number of halogens is 6. The van der Waals surface area contributed by atoms with Gasteiger partial charge >= 0.3 is 6.18 Å². The van der Waals surface area contributed by atoms with Crippen LogP contribution in [0.5, 0.6) is 0 Å². The molecule has 3 aromatic rings. The molecule has 2 N–H and O–H groups in total. The van der Waals surface area contributed by atoms with Crippen LogP contribution in [0, 0.1) is 6.92 Å². The maximum atomic E-state index is 14.2. The molecular formula is C23H15Cl3F3N3O2. The molecule has 1 unspecified atom stereocenters. The number of anilines is 1. The monoisotopic (exact) mass is 527 g/mol. The molecule has 1 aliphatic heterocycles. The molecule has 2 aromatic carbocycles. The van der Waals surface area contributed by atoms with Gasteiger partial charge in [-0.25, -0.2) is 4.98 Å². The molecule has 0 spiro atoms. The van der Waals surface area contributed by atoms with E-state index in [2.05, 4.69) is 15.8 Å². The SMILES string of the molecule is Cc1ccc(C2=CC(c3cc(Cl)cc(Cl)c3)(C(F)(F)F)ON2)cc1NC(=O)c1cccnc1Cl. The van der Waals surface area contributed by atoms with Gasteiger partial charge in [-0.05, 0) is 55.0 Å². The molecule has 11 heteroatoms. The maximum absolute atomic E-state index is 14.2. The van der Waals surface area contributed by atoms with Crippen LogP contribution in [-0.2, 0) is 10.4 Å². The Labute approximate surface area is 207 Å². The quantitative estimate of drug-likeness (QED) is 0.360. The molecule has 0 fully saturated rings. The van der Waals surface area contributed by atoms with E-state index in [1.54, 1.807) is 25.1 Å². The summed E-state index contributed by atoms with van der Waals surface area (Å²) in [7, 11) is 0. The van der Waals surface area contributed by atoms with Crippen molar-refractivity contribution in [2.45, 2.75) is 18.7 Å². The second kappa shape index (κ2) is 9.11. The highest BCUT2D eigenvalue weighted by Crippen LogP contribution is 2.48. The van der Waals surface area contributed by atoms with Crippen LogP contribution < -0.4 is 10.8 Å². The molecule has 5 nitrogen and oxygen atoms in total. The summed E-state index contributed by atoms with van der Waals surface area (Å²) in [6.45, 7) is 1.74. The maximum Gasteiger partial charge on any atom is 0.428 e. The van der Waals surface area contributed by atoms with E-state index in [0.717, 1.165) is 18.2 Å². The molecule has 1 aromatic heterocycles. The fraction of sp³-hybridized carbons (Fsp3) is 0.130. The fourth-order valence-electron chi connectivity index (χ4n) is 3.42. The van der Waals surface area contributed by atoms with Crippen molar-refractivity contribution in [3.8, 4) is 0 Å². The molecule has 2 heterocycles. The second-order valence-electron chi connectivity index (χ2n) is 7.48. The number of hydrogen-bond acceptors (Lipinski definition) is 4. The Kier molecular flexibility index (Phi) is 6.52. The summed E-state index contributed by atoms with van der Waals surface area (Å²) in [5.41, 5.74) is 0.852. The average molecular weight is 529 g/mol. The third kappa shape index (κ3) is 4.59. The van der Waals surface area contributed by atoms with Gasteiger partial charge in [0, 0.05) is 33.1 Å². The molecule has 176 valence electrons. The lowest BCUT2D eigenvalue weighted by Crippen LogP contribution is -2.42. The van der Waals surface area contributed by atoms with Crippen LogP contribution in [-0.4, -0.2) is 17.1 Å². The van der Waals surface area contributed by atoms with Crippen LogP contribution in [0.15, 0.2) is 60.8 Å². The summed E-state index contributed by atoms with van der Waals surface area (Å²) in [5.74, 6) is -0.513. The molecule has 0 aliphatic carbocycles. The zero-order valence-corrected chi connectivity index (χ0v) is 19.6. The molecule has 0 radical (unpaired) electrons. The normalized spacial score (nSPS) is 17.8. The Hall–Kier alpha value is -2.78. The van der Waals surface area contributed by atoms with Crippen molar-refractivity contribution in [1.82, 2.24) is 10.5 Å². The van der Waals surface area contributed by atoms with Gasteiger partial charge in [-0.15, -0.1) is 0 Å². The fourth-order valence-corrected chi connectivity index (χ4v) is 4.15. The zero-order chi connectivity index (χ0) is 24.7. The molecule has 34 heavy (non-hydrogen) atoms. The summed E-state index contributed by atoms with van der Waals surface area (Å²) >= 11 is 17.9. The van der Waals surface area contributed by atoms with Crippen molar-refractivity contribution in [3.63, 3.8) is 0 Å². The largest absolute Gasteiger partial charge is 0.428 e. The van der Waals surface area contributed by atoms with E-state index in [1.165, 1.54) is 24.4 Å². The average Bonchev–Trinajstić information content (AvgIpc) is 3.22. The van der Waals surface area contributed by atoms with Crippen molar-refractivity contribution in [3.05, 3.63) is 98.3 Å². The third-order valence-electron chi connectivity index (χ3n) is 5.18. The molecule has 1 amide bonds. The lowest BCUT2D eigenvalue weighted by molar-refractivity contribution is -0.269. The summed E-state index contributed by atoms with van der Waals surface area (Å²) < 4.78 is 42.7. The van der Waals surface area contributed by atoms with Crippen LogP contribution >= 0.6 is 34.8 Å². The number of rotatable bonds is 4. The summed E-state index contributed by atoms with van der Waals surface area (Å²) in [6.07, 6.45) is -2.49. The van der Waals surface area contributed by atoms with Crippen molar-refractivity contribution >= 4 is 52.1 Å². The number of hydrogen-bond donors (Lipinski definition) is 2. The van der Waals surface area contributed by atoms with Crippen LogP contribution in [0.25, 0.3) is 5.70 Å². The van der Waals surface area contributed by atoms with Crippen LogP contribution in [0.1, 0.15) is 27.0 Å². The number of pyridine rings is 1. The molecule has 0 bridgehead atoms. The van der Waals surface area contributed by atoms with Gasteiger partial charge in [-0.3, -0.25) is 15.1 Å². The van der Waals surface area contributed by atoms with E-state index in [9.17, 15) is 18.0 Å². The minimum Gasteiger partial charge on any atom is -0.322 e. The molecule has 0 saturated heterocycles. The number of carbonyl (C=O) groups is 1. The standard InChI is InChI=1S/C23H15Cl3F3N3O2/c1-12-4-5-13(7-18(12)31-21(33)17-3-2-6-30-20(17)26)19-11-22(34-32-19,23(27,28)29)14-8-15(24)10-16(25)9-14/h2-11,32H,1H3,(H,31,33). The first-order chi connectivity index (χ1) is 16.0. The number of aromatic nitrogens is 1. The van der Waals surface area contributed by atoms with Crippen LogP contribution in [0.3, 0.4) is 0 Å². The van der Waals surface area contributed by atoms with Gasteiger partial charge < -0.3 is 5.32 Å². The molecule has 0 saturated carbocycles. The van der Waals surface area contributed by atoms with Gasteiger partial charge in [0.05, 0.1) is 11.3 Å². The second-order valence-corrected chi connectivity index (χ2v) is 8.71. The first kappa shape index (κ1) is 24.3. The highest BCUT2D eigenvalue weighted by Gasteiger charge is 2.59. The number of hydroxylamine groups is 1. The van der Waals surface area contributed by atoms with E-state index >= 15 is 0 Å². The Morgan fingerprint density at radius 2 is 1.79 bits per heavy atom. The number of benzene rings is 2. The Morgan fingerprint density at radius 1 is 1.09 bits per heavy atom. The smallest absolute Gasteiger partial charge is 0.322 e. The number of aryl methyl sites for hydroxylation is 1. The lowest BCUT2D eigenvalue weighted by atomic mass is 9.91. The van der Waals surface area contributed by atoms with Gasteiger partial charge in [0.25, 0.3) is 5.91 Å². The van der Waals surface area contributed by atoms with E-state index in [0.29, 0.717) is 16.8 Å². The highest BCUT2D eigenvalue weighted by atomic mass is 35.5. The third-order valence-corrected chi connectivity index (χ3v) is 5.92. The predicted octanol–water partition coefficient (Wildman–Crippen LogP) is 6.94. The Bertz CT molecular complexity index is 1290. The van der Waals surface area contributed by atoms with Gasteiger partial charge in [0.2, 0.25) is 5.60 Å². The molecule has 1 atom stereocenters. The number of amides is 1. The number of alkyl halides is 3. The first-order valence-corrected chi connectivity index (χ1v) is 10.9. The van der Waals surface area contributed by atoms with Gasteiger partial charge in [0.1, 0.15) is 5.15 Å². The highest BCUT2D eigenvalue weighted by molar-refractivity contribution is 6.34. The molecule has 1 aliphatic rings. The lowest BCUT2D eigenvalue weighted by Gasteiger charge is -2.28. The van der Waals surface area contributed by atoms with Gasteiger partial charge in [-0.1, -0.05) is 46.9 Å². The number of nitrogens with zero attached hydrogens (tertiary/aromatic N) is 1. The van der Waals surface area contributed by atoms with E-state index in [-0.39, 0.29) is 32.0 Å². The van der Waals surface area contributed by atoms with E-state index in [4.69, 9.17) is 39.6 Å². The number of nitrogens with one attached hydrogen (secondary N) is 2. The van der Waals surface area contributed by atoms with Crippen molar-refractivity contribution in [2.75, 3.05) is 5.32 Å². The van der Waals surface area contributed by atoms with E-state index in [1.807, 2.05) is 0 Å². The predicted molar refractivity (Wildman–Crippen MR) is 125 cm³/mol. The summed E-state index contributed by atoms with van der Waals surface area (Å²) in [4.78, 5) is 21.6. The van der Waals surface area contributed by atoms with Crippen molar-refractivity contribution in [2.24, 2.45) is 0 Å². The van der Waals surface area contributed by atoms with E-state index < -0.39 is 17.7 Å². The Morgan fingerprint density at radius 3 is 2.44 bits per heavy atom. The summed E-state index contributed by atoms with van der Waals surface area (Å²) in [6, 6.07) is 11.5. The first-order valence-electron chi connectivity index (χ1n) is 9.73. The molecule has 4 rings (SSSR count). The van der Waals surface area contributed by atoms with Crippen LogP contribution in [0.4, 0.5) is 18.9 Å². The summed E-state index contributed by atoms with van der Waals surface area (Å²) in [5, 5.41) is 2.80. The van der Waals surface area contributed by atoms with Crippen molar-refractivity contribution in [1.29, 1.82) is 0 Å². The minimum atomic E-state index is -4.84. The minimum absolute atomic E-state index is 0.0255. The Balaban J connectivity index is 1.72. The van der Waals surface area contributed by atoms with Crippen LogP contribution in [0.2, 0.25) is 15.2 Å². The van der Waals surface area contributed by atoms with Gasteiger partial charge in [0.15, 0.2) is 0 Å². The number of carbonyl (C=O) groups excluding carboxylic acids is 1. The molecular weight excluding hydrogens is 514 g/mol.